The van der Waals surface area contributed by atoms with E-state index in [0.29, 0.717) is 13.1 Å². The van der Waals surface area contributed by atoms with E-state index in [9.17, 15) is 4.79 Å². The van der Waals surface area contributed by atoms with Gasteiger partial charge in [0.15, 0.2) is 0 Å². The summed E-state index contributed by atoms with van der Waals surface area (Å²) in [5, 5.41) is 4.83. The number of thiophene rings is 2. The Kier molecular flexibility index (Phi) is 6.08. The Hall–Kier alpha value is -2.58. The highest BCUT2D eigenvalue weighted by Gasteiger charge is 2.19. The topological polar surface area (TPSA) is 47.4 Å². The molecule has 0 atom stereocenters. The lowest BCUT2D eigenvalue weighted by Crippen LogP contribution is -2.38. The zero-order valence-electron chi connectivity index (χ0n) is 17.1. The van der Waals surface area contributed by atoms with E-state index >= 15 is 0 Å². The number of rotatable bonds is 6. The number of benzene rings is 1. The number of aromatic nitrogens is 2. The van der Waals surface area contributed by atoms with Crippen LogP contribution in [0.15, 0.2) is 64.1 Å². The summed E-state index contributed by atoms with van der Waals surface area (Å²) in [5.74, 6) is 0.816. The molecule has 1 fully saturated rings. The standard InChI is InChI=1S/C24H23N3O2S2/c28-24-22-19(20-9-5-15-30-20)17-31-23(22)25-21(16-26-11-13-29-14-12-26)27(24)10-4-8-18-6-2-1-3-7-18/h1-9,15,17H,10-14,16H2. The molecule has 1 saturated heterocycles. The molecular formula is C24H23N3O2S2. The van der Waals surface area contributed by atoms with E-state index in [2.05, 4.69) is 34.6 Å². The molecule has 4 aromatic rings. The molecule has 1 aromatic carbocycles. The molecule has 4 heterocycles. The molecule has 3 aromatic heterocycles. The molecule has 1 aliphatic heterocycles. The molecule has 0 saturated carbocycles. The van der Waals surface area contributed by atoms with Crippen LogP contribution in [0.3, 0.4) is 0 Å². The SMILES string of the molecule is O=c1c2c(-c3cccs3)csc2nc(CN2CCOCC2)n1CC=Cc1ccccc1. The van der Waals surface area contributed by atoms with Crippen LogP contribution >= 0.6 is 22.7 Å². The molecule has 7 heteroatoms. The van der Waals surface area contributed by atoms with Crippen LogP contribution in [0.5, 0.6) is 0 Å². The van der Waals surface area contributed by atoms with Gasteiger partial charge in [0.2, 0.25) is 0 Å². The zero-order chi connectivity index (χ0) is 21.0. The fourth-order valence-electron chi connectivity index (χ4n) is 3.81. The minimum Gasteiger partial charge on any atom is -0.379 e. The Labute approximate surface area is 188 Å². The van der Waals surface area contributed by atoms with Crippen LogP contribution < -0.4 is 5.56 Å². The van der Waals surface area contributed by atoms with Crippen molar-refractivity contribution in [2.24, 2.45) is 0 Å². The number of ether oxygens (including phenoxy) is 1. The molecule has 0 spiro atoms. The Morgan fingerprint density at radius 3 is 2.68 bits per heavy atom. The van der Waals surface area contributed by atoms with Crippen LogP contribution in [-0.2, 0) is 17.8 Å². The molecule has 158 valence electrons. The van der Waals surface area contributed by atoms with Gasteiger partial charge in [-0.2, -0.15) is 0 Å². The van der Waals surface area contributed by atoms with E-state index in [1.807, 2.05) is 40.3 Å². The summed E-state index contributed by atoms with van der Waals surface area (Å²) in [6, 6.07) is 14.2. The Morgan fingerprint density at radius 1 is 1.06 bits per heavy atom. The molecule has 0 radical (unpaired) electrons. The summed E-state index contributed by atoms with van der Waals surface area (Å²) in [4.78, 5) is 22.9. The van der Waals surface area contributed by atoms with Gasteiger partial charge in [0.05, 0.1) is 25.1 Å². The first-order valence-corrected chi connectivity index (χ1v) is 12.1. The van der Waals surface area contributed by atoms with Gasteiger partial charge in [0.25, 0.3) is 5.56 Å². The average molecular weight is 450 g/mol. The molecule has 31 heavy (non-hydrogen) atoms. The maximum Gasteiger partial charge on any atom is 0.263 e. The van der Waals surface area contributed by atoms with Crippen molar-refractivity contribution in [2.45, 2.75) is 13.1 Å². The predicted molar refractivity (Wildman–Crippen MR) is 129 cm³/mol. The van der Waals surface area contributed by atoms with E-state index in [1.165, 1.54) is 0 Å². The zero-order valence-corrected chi connectivity index (χ0v) is 18.7. The second-order valence-corrected chi connectivity index (χ2v) is 9.26. The highest BCUT2D eigenvalue weighted by molar-refractivity contribution is 7.18. The highest BCUT2D eigenvalue weighted by atomic mass is 32.1. The first-order valence-electron chi connectivity index (χ1n) is 10.4. The van der Waals surface area contributed by atoms with Crippen molar-refractivity contribution in [2.75, 3.05) is 26.3 Å². The van der Waals surface area contributed by atoms with Crippen LogP contribution in [0.2, 0.25) is 0 Å². The Bertz CT molecular complexity index is 1240. The largest absolute Gasteiger partial charge is 0.379 e. The number of fused-ring (bicyclic) bond motifs is 1. The number of allylic oxidation sites excluding steroid dienone is 1. The van der Waals surface area contributed by atoms with Crippen LogP contribution in [0, 0.1) is 0 Å². The normalized spacial score (nSPS) is 15.2. The molecule has 5 rings (SSSR count). The van der Waals surface area contributed by atoms with E-state index in [1.54, 1.807) is 22.7 Å². The van der Waals surface area contributed by atoms with Crippen LogP contribution in [0.4, 0.5) is 0 Å². The van der Waals surface area contributed by atoms with E-state index in [0.717, 1.165) is 58.3 Å². The lowest BCUT2D eigenvalue weighted by atomic mass is 10.2. The van der Waals surface area contributed by atoms with Gasteiger partial charge in [0.1, 0.15) is 10.7 Å². The van der Waals surface area contributed by atoms with Gasteiger partial charge in [-0.15, -0.1) is 22.7 Å². The maximum atomic E-state index is 13.7. The Balaban J connectivity index is 1.55. The molecule has 1 aliphatic rings. The second-order valence-electron chi connectivity index (χ2n) is 7.45. The predicted octanol–water partition coefficient (Wildman–Crippen LogP) is 4.73. The van der Waals surface area contributed by atoms with Crippen molar-refractivity contribution >= 4 is 39.0 Å². The molecule has 0 amide bonds. The molecule has 0 bridgehead atoms. The summed E-state index contributed by atoms with van der Waals surface area (Å²) < 4.78 is 7.32. The molecule has 0 unspecified atom stereocenters. The third kappa shape index (κ3) is 4.41. The minimum atomic E-state index is 0.0376. The van der Waals surface area contributed by atoms with Gasteiger partial charge >= 0.3 is 0 Å². The monoisotopic (exact) mass is 449 g/mol. The molecule has 0 aliphatic carbocycles. The third-order valence-electron chi connectivity index (χ3n) is 5.43. The number of hydrogen-bond donors (Lipinski definition) is 0. The van der Waals surface area contributed by atoms with Crippen molar-refractivity contribution in [1.82, 2.24) is 14.5 Å². The smallest absolute Gasteiger partial charge is 0.263 e. The lowest BCUT2D eigenvalue weighted by molar-refractivity contribution is 0.0325. The van der Waals surface area contributed by atoms with E-state index in [4.69, 9.17) is 9.72 Å². The van der Waals surface area contributed by atoms with E-state index < -0.39 is 0 Å². The van der Waals surface area contributed by atoms with Crippen molar-refractivity contribution in [3.8, 4) is 10.4 Å². The fourth-order valence-corrected chi connectivity index (χ4v) is 5.58. The summed E-state index contributed by atoms with van der Waals surface area (Å²) in [6.07, 6.45) is 4.10. The number of morpholine rings is 1. The van der Waals surface area contributed by atoms with Crippen molar-refractivity contribution < 1.29 is 4.74 Å². The minimum absolute atomic E-state index is 0.0376. The number of nitrogens with zero attached hydrogens (tertiary/aromatic N) is 3. The van der Waals surface area contributed by atoms with Gasteiger partial charge in [-0.1, -0.05) is 48.6 Å². The first kappa shape index (κ1) is 20.3. The van der Waals surface area contributed by atoms with Crippen LogP contribution in [0.25, 0.3) is 26.7 Å². The van der Waals surface area contributed by atoms with E-state index in [-0.39, 0.29) is 5.56 Å². The van der Waals surface area contributed by atoms with Gasteiger partial charge in [-0.05, 0) is 17.0 Å². The molecular weight excluding hydrogens is 426 g/mol. The lowest BCUT2D eigenvalue weighted by Gasteiger charge is -2.27. The van der Waals surface area contributed by atoms with Crippen LogP contribution in [-0.4, -0.2) is 40.8 Å². The van der Waals surface area contributed by atoms with Gasteiger partial charge in [-0.25, -0.2) is 4.98 Å². The highest BCUT2D eigenvalue weighted by Crippen LogP contribution is 2.33. The Morgan fingerprint density at radius 2 is 1.90 bits per heavy atom. The fraction of sp³-hybridized carbons (Fsp3) is 0.250. The third-order valence-corrected chi connectivity index (χ3v) is 7.20. The second kappa shape index (κ2) is 9.28. The number of hydrogen-bond acceptors (Lipinski definition) is 6. The van der Waals surface area contributed by atoms with Crippen molar-refractivity contribution in [3.63, 3.8) is 0 Å². The van der Waals surface area contributed by atoms with Gasteiger partial charge < -0.3 is 4.74 Å². The summed E-state index contributed by atoms with van der Waals surface area (Å²) in [6.45, 7) is 4.32. The quantitative estimate of drug-likeness (QED) is 0.427. The molecule has 0 N–H and O–H groups in total. The summed E-state index contributed by atoms with van der Waals surface area (Å²) >= 11 is 3.21. The van der Waals surface area contributed by atoms with Crippen molar-refractivity contribution in [3.05, 3.63) is 81.0 Å². The first-order chi connectivity index (χ1) is 15.3. The average Bonchev–Trinajstić information content (AvgIpc) is 3.47. The van der Waals surface area contributed by atoms with Gasteiger partial charge in [0, 0.05) is 35.5 Å². The van der Waals surface area contributed by atoms with Crippen molar-refractivity contribution in [1.29, 1.82) is 0 Å². The maximum absolute atomic E-state index is 13.7. The molecule has 5 nitrogen and oxygen atoms in total. The van der Waals surface area contributed by atoms with Gasteiger partial charge in [-0.3, -0.25) is 14.3 Å². The summed E-state index contributed by atoms with van der Waals surface area (Å²) in [5.41, 5.74) is 2.15. The summed E-state index contributed by atoms with van der Waals surface area (Å²) in [7, 11) is 0. The van der Waals surface area contributed by atoms with Crippen LogP contribution in [0.1, 0.15) is 11.4 Å².